The van der Waals surface area contributed by atoms with Crippen LogP contribution in [0.4, 0.5) is 11.8 Å². The standard InChI is InChI=1S/C13H20N4O2S2/c1-4-5-15-13-16-11(14-6-7-21(3,18)19)10-8-9(2)20-12(10)17-13/h8H,4-7H2,1-3H3,(H2,14,15,16,17). The number of aryl methyl sites for hydroxylation is 1. The van der Waals surface area contributed by atoms with Crippen LogP contribution in [0.3, 0.4) is 0 Å². The van der Waals surface area contributed by atoms with Crippen molar-refractivity contribution in [2.24, 2.45) is 0 Å². The van der Waals surface area contributed by atoms with Gasteiger partial charge in [0, 0.05) is 24.2 Å². The normalized spacial score (nSPS) is 11.8. The highest BCUT2D eigenvalue weighted by Gasteiger charge is 2.11. The lowest BCUT2D eigenvalue weighted by Crippen LogP contribution is -2.15. The minimum Gasteiger partial charge on any atom is -0.368 e. The van der Waals surface area contributed by atoms with Crippen LogP contribution in [-0.4, -0.2) is 43.5 Å². The Morgan fingerprint density at radius 3 is 2.67 bits per heavy atom. The zero-order valence-corrected chi connectivity index (χ0v) is 14.1. The average molecular weight is 328 g/mol. The second-order valence-corrected chi connectivity index (χ2v) is 8.45. The molecule has 116 valence electrons. The number of nitrogens with zero attached hydrogens (tertiary/aromatic N) is 2. The first-order chi connectivity index (χ1) is 9.89. The van der Waals surface area contributed by atoms with Gasteiger partial charge in [0.05, 0.1) is 11.1 Å². The van der Waals surface area contributed by atoms with Gasteiger partial charge in [0.15, 0.2) is 0 Å². The average Bonchev–Trinajstić information content (AvgIpc) is 2.75. The maximum absolute atomic E-state index is 11.2. The van der Waals surface area contributed by atoms with Crippen molar-refractivity contribution in [3.63, 3.8) is 0 Å². The highest BCUT2D eigenvalue weighted by molar-refractivity contribution is 7.90. The van der Waals surface area contributed by atoms with E-state index in [1.165, 1.54) is 6.26 Å². The third kappa shape index (κ3) is 4.53. The van der Waals surface area contributed by atoms with Gasteiger partial charge in [-0.2, -0.15) is 4.98 Å². The Morgan fingerprint density at radius 2 is 2.00 bits per heavy atom. The number of hydrogen-bond acceptors (Lipinski definition) is 7. The second kappa shape index (κ2) is 6.57. The van der Waals surface area contributed by atoms with Crippen LogP contribution in [0.25, 0.3) is 10.2 Å². The fourth-order valence-electron chi connectivity index (χ4n) is 1.85. The molecule has 0 atom stereocenters. The largest absolute Gasteiger partial charge is 0.368 e. The Hall–Kier alpha value is -1.41. The zero-order chi connectivity index (χ0) is 15.5. The fourth-order valence-corrected chi connectivity index (χ4v) is 3.20. The van der Waals surface area contributed by atoms with Gasteiger partial charge in [0.2, 0.25) is 5.95 Å². The fraction of sp³-hybridized carbons (Fsp3) is 0.538. The molecule has 2 heterocycles. The van der Waals surface area contributed by atoms with E-state index < -0.39 is 9.84 Å². The molecule has 0 aromatic carbocycles. The molecule has 0 aliphatic heterocycles. The Balaban J connectivity index is 2.26. The van der Waals surface area contributed by atoms with Crippen LogP contribution in [0.2, 0.25) is 0 Å². The van der Waals surface area contributed by atoms with Crippen LogP contribution in [0, 0.1) is 6.92 Å². The Morgan fingerprint density at radius 1 is 1.24 bits per heavy atom. The number of rotatable bonds is 7. The summed E-state index contributed by atoms with van der Waals surface area (Å²) < 4.78 is 22.4. The van der Waals surface area contributed by atoms with E-state index in [2.05, 4.69) is 27.5 Å². The first-order valence-corrected chi connectivity index (χ1v) is 9.70. The monoisotopic (exact) mass is 328 g/mol. The number of nitrogens with one attached hydrogen (secondary N) is 2. The molecule has 0 saturated carbocycles. The van der Waals surface area contributed by atoms with Crippen molar-refractivity contribution in [1.29, 1.82) is 0 Å². The molecule has 0 radical (unpaired) electrons. The number of fused-ring (bicyclic) bond motifs is 1. The summed E-state index contributed by atoms with van der Waals surface area (Å²) in [7, 11) is -2.99. The highest BCUT2D eigenvalue weighted by Crippen LogP contribution is 2.29. The highest BCUT2D eigenvalue weighted by atomic mass is 32.2. The van der Waals surface area contributed by atoms with Gasteiger partial charge in [-0.3, -0.25) is 0 Å². The zero-order valence-electron chi connectivity index (χ0n) is 12.4. The summed E-state index contributed by atoms with van der Waals surface area (Å²) in [4.78, 5) is 11.0. The van der Waals surface area contributed by atoms with Crippen LogP contribution in [-0.2, 0) is 9.84 Å². The van der Waals surface area contributed by atoms with Crippen molar-refractivity contribution in [3.05, 3.63) is 10.9 Å². The molecule has 21 heavy (non-hydrogen) atoms. The number of sulfone groups is 1. The summed E-state index contributed by atoms with van der Waals surface area (Å²) >= 11 is 1.60. The number of thiophene rings is 1. The van der Waals surface area contributed by atoms with Crippen LogP contribution in [0.15, 0.2) is 6.07 Å². The number of anilines is 2. The Bertz CT molecular complexity index is 725. The van der Waals surface area contributed by atoms with Crippen LogP contribution in [0.1, 0.15) is 18.2 Å². The van der Waals surface area contributed by atoms with E-state index in [9.17, 15) is 8.42 Å². The lowest BCUT2D eigenvalue weighted by Gasteiger charge is -2.09. The van der Waals surface area contributed by atoms with Crippen molar-refractivity contribution < 1.29 is 8.42 Å². The molecule has 8 heteroatoms. The van der Waals surface area contributed by atoms with Crippen molar-refractivity contribution in [1.82, 2.24) is 9.97 Å². The van der Waals surface area contributed by atoms with E-state index in [0.717, 1.165) is 28.1 Å². The van der Waals surface area contributed by atoms with E-state index in [-0.39, 0.29) is 5.75 Å². The molecule has 0 saturated heterocycles. The molecule has 0 fully saturated rings. The maximum Gasteiger partial charge on any atom is 0.226 e. The first-order valence-electron chi connectivity index (χ1n) is 6.82. The molecule has 0 bridgehead atoms. The van der Waals surface area contributed by atoms with Crippen molar-refractivity contribution in [2.75, 3.05) is 35.7 Å². The van der Waals surface area contributed by atoms with Crippen molar-refractivity contribution in [3.8, 4) is 0 Å². The molecule has 0 unspecified atom stereocenters. The predicted octanol–water partition coefficient (Wildman–Crippen LogP) is 2.28. The molecule has 2 rings (SSSR count). The molecule has 6 nitrogen and oxygen atoms in total. The number of aromatic nitrogens is 2. The summed E-state index contributed by atoms with van der Waals surface area (Å²) in [6, 6.07) is 2.02. The Kier molecular flexibility index (Phi) is 5.00. The Labute approximate surface area is 128 Å². The molecule has 0 aliphatic rings. The summed E-state index contributed by atoms with van der Waals surface area (Å²) in [5, 5.41) is 7.22. The van der Waals surface area contributed by atoms with Crippen molar-refractivity contribution >= 4 is 43.2 Å². The lowest BCUT2D eigenvalue weighted by molar-refractivity contribution is 0.602. The molecule has 0 spiro atoms. The van der Waals surface area contributed by atoms with Gasteiger partial charge in [-0.25, -0.2) is 13.4 Å². The third-order valence-electron chi connectivity index (χ3n) is 2.81. The smallest absolute Gasteiger partial charge is 0.226 e. The van der Waals surface area contributed by atoms with Gasteiger partial charge < -0.3 is 10.6 Å². The van der Waals surface area contributed by atoms with Gasteiger partial charge in [0.1, 0.15) is 20.5 Å². The summed E-state index contributed by atoms with van der Waals surface area (Å²) in [5.41, 5.74) is 0. The van der Waals surface area contributed by atoms with Gasteiger partial charge in [-0.1, -0.05) is 6.92 Å². The minimum absolute atomic E-state index is 0.0827. The second-order valence-electron chi connectivity index (χ2n) is 4.96. The molecule has 2 aromatic heterocycles. The van der Waals surface area contributed by atoms with Crippen LogP contribution >= 0.6 is 11.3 Å². The van der Waals surface area contributed by atoms with E-state index in [1.807, 2.05) is 13.0 Å². The van der Waals surface area contributed by atoms with Gasteiger partial charge in [-0.15, -0.1) is 11.3 Å². The SMILES string of the molecule is CCCNc1nc(NCCS(C)(=O)=O)c2cc(C)sc2n1. The van der Waals surface area contributed by atoms with Crippen LogP contribution in [0.5, 0.6) is 0 Å². The lowest BCUT2D eigenvalue weighted by atomic mass is 10.3. The maximum atomic E-state index is 11.2. The van der Waals surface area contributed by atoms with E-state index >= 15 is 0 Å². The summed E-state index contributed by atoms with van der Waals surface area (Å²) in [6.45, 7) is 5.24. The minimum atomic E-state index is -2.99. The van der Waals surface area contributed by atoms with E-state index in [4.69, 9.17) is 0 Å². The molecule has 0 aliphatic carbocycles. The third-order valence-corrected chi connectivity index (χ3v) is 4.70. The van der Waals surface area contributed by atoms with E-state index in [1.54, 1.807) is 11.3 Å². The molecule has 2 N–H and O–H groups in total. The number of hydrogen-bond donors (Lipinski definition) is 2. The summed E-state index contributed by atoms with van der Waals surface area (Å²) in [5.74, 6) is 1.35. The quantitative estimate of drug-likeness (QED) is 0.811. The van der Waals surface area contributed by atoms with E-state index in [0.29, 0.717) is 18.3 Å². The van der Waals surface area contributed by atoms with Gasteiger partial charge in [0.25, 0.3) is 0 Å². The molecular formula is C13H20N4O2S2. The predicted molar refractivity (Wildman–Crippen MR) is 89.1 cm³/mol. The molecule has 0 amide bonds. The first kappa shape index (κ1) is 16.0. The van der Waals surface area contributed by atoms with Gasteiger partial charge in [-0.05, 0) is 19.4 Å². The molecule has 2 aromatic rings. The van der Waals surface area contributed by atoms with Gasteiger partial charge >= 0.3 is 0 Å². The van der Waals surface area contributed by atoms with Crippen molar-refractivity contribution in [2.45, 2.75) is 20.3 Å². The summed E-state index contributed by atoms with van der Waals surface area (Å²) in [6.07, 6.45) is 2.22. The molecular weight excluding hydrogens is 308 g/mol. The van der Waals surface area contributed by atoms with Crippen LogP contribution < -0.4 is 10.6 Å². The topological polar surface area (TPSA) is 84.0 Å².